The molecule has 0 radical (unpaired) electrons. The Kier molecular flexibility index (Phi) is 72.6. The third-order valence-electron chi connectivity index (χ3n) is 15.6. The molecular weight excluding hydrogens is 1380 g/mol. The molecule has 0 aliphatic rings. The molecule has 0 saturated heterocycles. The highest BCUT2D eigenvalue weighted by molar-refractivity contribution is 7.47. The van der Waals surface area contributed by atoms with Crippen LogP contribution < -0.4 is 0 Å². The molecule has 0 bridgehead atoms. The van der Waals surface area contributed by atoms with Crippen molar-refractivity contribution in [2.24, 2.45) is 0 Å². The van der Waals surface area contributed by atoms with Crippen LogP contribution >= 0.6 is 15.6 Å². The second-order valence-electron chi connectivity index (χ2n) is 25.5. The number of phosphoric ester groups is 2. The van der Waals surface area contributed by atoms with E-state index in [4.69, 9.17) is 37.0 Å². The Hall–Kier alpha value is -6.10. The molecule has 0 aromatic heterocycles. The Balaban J connectivity index is 5.52. The van der Waals surface area contributed by atoms with E-state index in [1.807, 2.05) is 24.3 Å². The predicted molar refractivity (Wildman–Crippen MR) is 436 cm³/mol. The number of hydrogen-bond donors (Lipinski definition) is 3. The SMILES string of the molecule is CC/C=C\C/C=C\C/C=C\C/C=C\C/C=C\CCCC(=O)OCC(COP(=O)(O)OCC(O)COP(=O)(O)OCC(COC(=O)CCCCCCCC/C=C\C/C=C\C/C=C\C/C=C\CC)OC(=O)CCCCCCC/C=C\C/C=C\CCCCC)OC(=O)C/C=C\C/C=C\C/C=C\C/C=C\C/C=C\CC. The van der Waals surface area contributed by atoms with Crippen LogP contribution in [0.1, 0.15) is 272 Å². The second kappa shape index (κ2) is 77.1. The van der Waals surface area contributed by atoms with Crippen LogP contribution in [0, 0.1) is 0 Å². The standard InChI is InChI=1S/C87H138O17P2/c1-5-9-13-17-21-25-29-33-37-39-40-42-46-48-52-56-60-64-68-72-85(90)98-78-83(104-87(92)74-70-66-62-58-54-50-44-36-32-28-24-20-16-12-8-4)80-102-106(95,96)100-76-81(88)75-99-105(93,94)101-79-82(103-86(91)73-69-65-61-57-53-49-43-35-31-27-23-19-15-11-7-3)77-97-84(89)71-67-63-59-55-51-47-45-41-38-34-30-26-22-18-14-10-6-2/h9-11,13-15,21-28,33-38,40,42-45,47,53,55,57,59,65,69,81-83,88H,5-8,12,16-20,29-32,39,41,46,48-52,54,56,58,60-64,66-68,70-80H2,1-4H3,(H,93,94)(H,95,96)/b13-9-,14-10-,15-11-,25-21-,26-22-,27-23-,28-24-,37-33-,38-34-,42-40-,43-35-,44-36-,47-45-,57-53-,59-55-,69-65-. The number of ether oxygens (including phenoxy) is 4. The van der Waals surface area contributed by atoms with Gasteiger partial charge in [0.15, 0.2) is 12.2 Å². The summed E-state index contributed by atoms with van der Waals surface area (Å²) in [7, 11) is -10.0. The van der Waals surface area contributed by atoms with Crippen molar-refractivity contribution < 1.29 is 80.2 Å². The lowest BCUT2D eigenvalue weighted by Gasteiger charge is -2.21. The first kappa shape index (κ1) is 99.9. The fourth-order valence-electron chi connectivity index (χ4n) is 9.65. The Labute approximate surface area is 640 Å². The topological polar surface area (TPSA) is 237 Å². The average Bonchev–Trinajstić information content (AvgIpc) is 0.928. The van der Waals surface area contributed by atoms with E-state index in [1.54, 1.807) is 12.2 Å². The molecule has 19 heteroatoms. The third kappa shape index (κ3) is 76.1. The van der Waals surface area contributed by atoms with Crippen molar-refractivity contribution in [3.8, 4) is 0 Å². The van der Waals surface area contributed by atoms with Crippen LogP contribution in [-0.2, 0) is 65.4 Å². The van der Waals surface area contributed by atoms with Crippen LogP contribution in [0.15, 0.2) is 194 Å². The molecule has 0 heterocycles. The minimum Gasteiger partial charge on any atom is -0.462 e. The molecule has 106 heavy (non-hydrogen) atoms. The summed E-state index contributed by atoms with van der Waals surface area (Å²) in [5.74, 6) is -2.44. The number of hydrogen-bond acceptors (Lipinski definition) is 15. The molecule has 17 nitrogen and oxygen atoms in total. The van der Waals surface area contributed by atoms with Crippen LogP contribution in [0.3, 0.4) is 0 Å². The van der Waals surface area contributed by atoms with Gasteiger partial charge in [-0.3, -0.25) is 37.3 Å². The molecule has 0 fully saturated rings. The largest absolute Gasteiger partial charge is 0.472 e. The molecule has 0 rings (SSSR count). The van der Waals surface area contributed by atoms with Crippen LogP contribution in [0.2, 0.25) is 0 Å². The van der Waals surface area contributed by atoms with Gasteiger partial charge < -0.3 is 33.8 Å². The highest BCUT2D eigenvalue weighted by atomic mass is 31.2. The minimum absolute atomic E-state index is 0.0556. The van der Waals surface area contributed by atoms with Gasteiger partial charge in [0.1, 0.15) is 19.3 Å². The van der Waals surface area contributed by atoms with E-state index in [0.29, 0.717) is 32.1 Å². The average molecular weight is 1520 g/mol. The van der Waals surface area contributed by atoms with Gasteiger partial charge in [0.2, 0.25) is 0 Å². The lowest BCUT2D eigenvalue weighted by molar-refractivity contribution is -0.161. The first-order chi connectivity index (χ1) is 51.7. The van der Waals surface area contributed by atoms with Gasteiger partial charge in [-0.05, 0) is 161 Å². The molecular formula is C87H138O17P2. The molecule has 0 spiro atoms. The summed E-state index contributed by atoms with van der Waals surface area (Å²) in [5, 5.41) is 10.6. The zero-order chi connectivity index (χ0) is 77.4. The van der Waals surface area contributed by atoms with Crippen LogP contribution in [0.25, 0.3) is 0 Å². The summed E-state index contributed by atoms with van der Waals surface area (Å²) in [5.41, 5.74) is 0. The zero-order valence-corrected chi connectivity index (χ0v) is 67.1. The summed E-state index contributed by atoms with van der Waals surface area (Å²) in [6.45, 7) is 4.26. The molecule has 0 aromatic carbocycles. The maximum Gasteiger partial charge on any atom is 0.472 e. The first-order valence-corrected chi connectivity index (χ1v) is 42.7. The zero-order valence-electron chi connectivity index (χ0n) is 65.3. The fraction of sp³-hybridized carbons (Fsp3) is 0.586. The Morgan fingerprint density at radius 3 is 0.877 bits per heavy atom. The third-order valence-corrected chi connectivity index (χ3v) is 17.5. The molecule has 5 unspecified atom stereocenters. The quantitative estimate of drug-likeness (QED) is 0.0169. The number of carbonyl (C=O) groups is 4. The summed E-state index contributed by atoms with van der Waals surface area (Å²) >= 11 is 0. The van der Waals surface area contributed by atoms with Gasteiger partial charge >= 0.3 is 39.5 Å². The highest BCUT2D eigenvalue weighted by Crippen LogP contribution is 2.45. The van der Waals surface area contributed by atoms with Crippen LogP contribution in [0.5, 0.6) is 0 Å². The molecule has 5 atom stereocenters. The Morgan fingerprint density at radius 2 is 0.538 bits per heavy atom. The van der Waals surface area contributed by atoms with Crippen molar-refractivity contribution in [3.05, 3.63) is 194 Å². The van der Waals surface area contributed by atoms with Crippen LogP contribution in [0.4, 0.5) is 0 Å². The monoisotopic (exact) mass is 1520 g/mol. The summed E-state index contributed by atoms with van der Waals surface area (Å²) in [6, 6.07) is 0. The van der Waals surface area contributed by atoms with Crippen LogP contribution in [-0.4, -0.2) is 96.7 Å². The molecule has 0 saturated carbocycles. The van der Waals surface area contributed by atoms with Crippen molar-refractivity contribution in [2.45, 2.75) is 290 Å². The van der Waals surface area contributed by atoms with Crippen molar-refractivity contribution in [1.82, 2.24) is 0 Å². The number of aliphatic hydroxyl groups is 1. The molecule has 0 aromatic rings. The van der Waals surface area contributed by atoms with E-state index in [2.05, 4.69) is 186 Å². The van der Waals surface area contributed by atoms with Gasteiger partial charge in [0.25, 0.3) is 0 Å². The van der Waals surface area contributed by atoms with Crippen molar-refractivity contribution >= 4 is 39.5 Å². The number of unbranched alkanes of at least 4 members (excludes halogenated alkanes) is 15. The van der Waals surface area contributed by atoms with Crippen molar-refractivity contribution in [2.75, 3.05) is 39.6 Å². The maximum absolute atomic E-state index is 13.1. The molecule has 0 amide bonds. The Bertz CT molecular complexity index is 2780. The number of phosphoric acid groups is 2. The number of allylic oxidation sites excluding steroid dienone is 31. The lowest BCUT2D eigenvalue weighted by Crippen LogP contribution is -2.30. The van der Waals surface area contributed by atoms with E-state index in [0.717, 1.165) is 167 Å². The van der Waals surface area contributed by atoms with Gasteiger partial charge in [0.05, 0.1) is 32.8 Å². The van der Waals surface area contributed by atoms with Gasteiger partial charge in [-0.1, -0.05) is 280 Å². The highest BCUT2D eigenvalue weighted by Gasteiger charge is 2.30. The van der Waals surface area contributed by atoms with Crippen molar-refractivity contribution in [3.63, 3.8) is 0 Å². The number of esters is 4. The van der Waals surface area contributed by atoms with E-state index in [9.17, 15) is 43.2 Å². The minimum atomic E-state index is -5.03. The van der Waals surface area contributed by atoms with Gasteiger partial charge in [0, 0.05) is 19.3 Å². The van der Waals surface area contributed by atoms with E-state index in [-0.39, 0.29) is 25.7 Å². The normalized spacial score (nSPS) is 14.9. The van der Waals surface area contributed by atoms with E-state index in [1.165, 1.54) is 19.3 Å². The van der Waals surface area contributed by atoms with E-state index >= 15 is 0 Å². The summed E-state index contributed by atoms with van der Waals surface area (Å²) < 4.78 is 68.4. The molecule has 0 aliphatic heterocycles. The van der Waals surface area contributed by atoms with Gasteiger partial charge in [-0.15, -0.1) is 0 Å². The van der Waals surface area contributed by atoms with Crippen molar-refractivity contribution in [1.29, 1.82) is 0 Å². The number of rotatable bonds is 72. The van der Waals surface area contributed by atoms with Gasteiger partial charge in [-0.2, -0.15) is 0 Å². The van der Waals surface area contributed by atoms with Gasteiger partial charge in [-0.25, -0.2) is 9.13 Å². The molecule has 0 aliphatic carbocycles. The Morgan fingerprint density at radius 1 is 0.283 bits per heavy atom. The lowest BCUT2D eigenvalue weighted by atomic mass is 10.1. The maximum atomic E-state index is 13.1. The molecule has 598 valence electrons. The number of carbonyl (C=O) groups excluding carboxylic acids is 4. The number of aliphatic hydroxyl groups excluding tert-OH is 1. The predicted octanol–water partition coefficient (Wildman–Crippen LogP) is 23.3. The smallest absolute Gasteiger partial charge is 0.462 e. The first-order valence-electron chi connectivity index (χ1n) is 39.7. The van der Waals surface area contributed by atoms with E-state index < -0.39 is 97.5 Å². The fourth-order valence-corrected chi connectivity index (χ4v) is 11.2. The summed E-state index contributed by atoms with van der Waals surface area (Å²) in [4.78, 5) is 73.0. The summed E-state index contributed by atoms with van der Waals surface area (Å²) in [6.07, 6.45) is 94.5. The second-order valence-corrected chi connectivity index (χ2v) is 28.4. The molecule has 3 N–H and O–H groups in total.